The van der Waals surface area contributed by atoms with E-state index < -0.39 is 35.7 Å². The first-order valence-electron chi connectivity index (χ1n) is 14.2. The van der Waals surface area contributed by atoms with Crippen LogP contribution in [0.3, 0.4) is 0 Å². The van der Waals surface area contributed by atoms with Crippen LogP contribution in [0.2, 0.25) is 0 Å². The van der Waals surface area contributed by atoms with E-state index in [2.05, 4.69) is 10.6 Å². The van der Waals surface area contributed by atoms with Gasteiger partial charge in [-0.1, -0.05) is 19.1 Å². The van der Waals surface area contributed by atoms with Gasteiger partial charge in [-0.15, -0.1) is 0 Å². The Balaban J connectivity index is 1.52. The number of benzene rings is 3. The summed E-state index contributed by atoms with van der Waals surface area (Å²) in [6.07, 6.45) is -4.88. The molecule has 3 atom stereocenters. The fourth-order valence-electron chi connectivity index (χ4n) is 4.99. The molecule has 10 nitrogen and oxygen atoms in total. The molecular formula is C32H35F3N4O6. The highest BCUT2D eigenvalue weighted by Gasteiger charge is 2.34. The number of likely N-dealkylation sites (N-methyl/N-ethyl adjacent to an activating group) is 1. The van der Waals surface area contributed by atoms with Crippen LogP contribution in [-0.4, -0.2) is 76.8 Å². The molecule has 13 heteroatoms. The van der Waals surface area contributed by atoms with E-state index in [4.69, 9.17) is 9.84 Å². The number of aliphatic hydroxyl groups is 1. The van der Waals surface area contributed by atoms with Crippen LogP contribution in [0.1, 0.15) is 45.7 Å². The summed E-state index contributed by atoms with van der Waals surface area (Å²) in [6.45, 7) is 4.69. The molecule has 45 heavy (non-hydrogen) atoms. The van der Waals surface area contributed by atoms with Gasteiger partial charge in [-0.3, -0.25) is 9.69 Å². The van der Waals surface area contributed by atoms with Gasteiger partial charge in [-0.05, 0) is 74.1 Å². The molecule has 0 saturated heterocycles. The molecule has 0 fully saturated rings. The van der Waals surface area contributed by atoms with Crippen LogP contribution in [0.4, 0.5) is 29.3 Å². The molecule has 4 rings (SSSR count). The molecule has 0 unspecified atom stereocenters. The first kappa shape index (κ1) is 33.3. The molecule has 0 spiro atoms. The summed E-state index contributed by atoms with van der Waals surface area (Å²) >= 11 is 0. The zero-order chi connectivity index (χ0) is 32.9. The Morgan fingerprint density at radius 2 is 1.67 bits per heavy atom. The van der Waals surface area contributed by atoms with Gasteiger partial charge in [0.25, 0.3) is 5.91 Å². The number of carboxylic acid groups (broad SMARTS) is 1. The van der Waals surface area contributed by atoms with Gasteiger partial charge >= 0.3 is 18.2 Å². The molecular weight excluding hydrogens is 593 g/mol. The Labute approximate surface area is 258 Å². The van der Waals surface area contributed by atoms with Crippen LogP contribution in [0.25, 0.3) is 0 Å². The van der Waals surface area contributed by atoms with Crippen molar-refractivity contribution in [3.05, 3.63) is 89.0 Å². The first-order chi connectivity index (χ1) is 21.2. The van der Waals surface area contributed by atoms with Crippen LogP contribution < -0.4 is 15.4 Å². The topological polar surface area (TPSA) is 131 Å². The number of alkyl halides is 3. The molecule has 0 saturated carbocycles. The quantitative estimate of drug-likeness (QED) is 0.250. The molecule has 240 valence electrons. The molecule has 0 bridgehead atoms. The van der Waals surface area contributed by atoms with Crippen molar-refractivity contribution < 1.29 is 42.5 Å². The minimum Gasteiger partial charge on any atom is -0.488 e. The third-order valence-electron chi connectivity index (χ3n) is 7.54. The number of anilines is 2. The number of nitrogens with zero attached hydrogens (tertiary/aromatic N) is 2. The number of ether oxygens (including phenoxy) is 1. The number of nitrogens with one attached hydrogen (secondary N) is 2. The summed E-state index contributed by atoms with van der Waals surface area (Å²) in [5.74, 6) is -1.24. The van der Waals surface area contributed by atoms with Gasteiger partial charge in [-0.2, -0.15) is 13.2 Å². The van der Waals surface area contributed by atoms with Crippen LogP contribution in [-0.2, 0) is 12.7 Å². The fourth-order valence-corrected chi connectivity index (χ4v) is 4.99. The number of hydrogen-bond acceptors (Lipinski definition) is 6. The number of aromatic carboxylic acids is 1. The SMILES string of the molecule is C[C@@H]1CN([C@H](C)CO)C(=O)c2cc(NC(=O)Nc3ccc(C(F)(F)F)cc3)ccc2O[C@@H]1CN(C)Cc1ccc(C(=O)O)cc1. The Hall–Kier alpha value is -4.62. The molecule has 3 aromatic rings. The Morgan fingerprint density at radius 1 is 1.04 bits per heavy atom. The summed E-state index contributed by atoms with van der Waals surface area (Å²) in [5, 5.41) is 24.1. The normalized spacial score (nSPS) is 17.5. The first-order valence-corrected chi connectivity index (χ1v) is 14.2. The molecule has 1 aliphatic rings. The molecule has 1 heterocycles. The number of carboxylic acids is 1. The van der Waals surface area contributed by atoms with Crippen molar-refractivity contribution in [2.45, 2.75) is 38.7 Å². The van der Waals surface area contributed by atoms with Crippen LogP contribution >= 0.6 is 0 Å². The maximum Gasteiger partial charge on any atom is 0.416 e. The zero-order valence-electron chi connectivity index (χ0n) is 25.0. The number of fused-ring (bicyclic) bond motifs is 1. The smallest absolute Gasteiger partial charge is 0.416 e. The number of amides is 3. The third-order valence-corrected chi connectivity index (χ3v) is 7.54. The van der Waals surface area contributed by atoms with Crippen molar-refractivity contribution >= 4 is 29.3 Å². The van der Waals surface area contributed by atoms with Gasteiger partial charge in [0.15, 0.2) is 0 Å². The second kappa shape index (κ2) is 14.0. The fraction of sp³-hybridized carbons (Fsp3) is 0.344. The number of urea groups is 1. The largest absolute Gasteiger partial charge is 0.488 e. The molecule has 0 radical (unpaired) electrons. The lowest BCUT2D eigenvalue weighted by Gasteiger charge is -2.38. The Kier molecular flexibility index (Phi) is 10.3. The number of halogens is 3. The van der Waals surface area contributed by atoms with E-state index in [1.165, 1.54) is 6.07 Å². The van der Waals surface area contributed by atoms with E-state index in [-0.39, 0.29) is 47.7 Å². The predicted molar refractivity (Wildman–Crippen MR) is 161 cm³/mol. The highest BCUT2D eigenvalue weighted by molar-refractivity contribution is 6.02. The van der Waals surface area contributed by atoms with Crippen molar-refractivity contribution in [3.8, 4) is 5.75 Å². The van der Waals surface area contributed by atoms with Crippen molar-refractivity contribution in [3.63, 3.8) is 0 Å². The van der Waals surface area contributed by atoms with Gasteiger partial charge in [-0.25, -0.2) is 9.59 Å². The molecule has 0 aromatic heterocycles. The number of carbonyl (C=O) groups is 3. The Morgan fingerprint density at radius 3 is 2.27 bits per heavy atom. The van der Waals surface area contributed by atoms with Crippen LogP contribution in [0, 0.1) is 5.92 Å². The number of aliphatic hydroxyl groups excluding tert-OH is 1. The number of carbonyl (C=O) groups excluding carboxylic acids is 2. The van der Waals surface area contributed by atoms with E-state index in [1.54, 1.807) is 48.2 Å². The maximum absolute atomic E-state index is 13.7. The lowest BCUT2D eigenvalue weighted by Crippen LogP contribution is -2.49. The molecule has 3 aromatic carbocycles. The number of rotatable bonds is 9. The van der Waals surface area contributed by atoms with Crippen molar-refractivity contribution in [2.24, 2.45) is 5.92 Å². The van der Waals surface area contributed by atoms with Gasteiger partial charge in [0.05, 0.1) is 29.3 Å². The highest BCUT2D eigenvalue weighted by atomic mass is 19.4. The molecule has 3 amide bonds. The molecule has 0 aliphatic carbocycles. The van der Waals surface area contributed by atoms with E-state index in [0.29, 0.717) is 18.8 Å². The minimum atomic E-state index is -4.50. The summed E-state index contributed by atoms with van der Waals surface area (Å²) < 4.78 is 44.9. The average Bonchev–Trinajstić information content (AvgIpc) is 2.98. The second-order valence-corrected chi connectivity index (χ2v) is 11.2. The van der Waals surface area contributed by atoms with E-state index >= 15 is 0 Å². The van der Waals surface area contributed by atoms with Crippen molar-refractivity contribution in [1.82, 2.24) is 9.80 Å². The summed E-state index contributed by atoms with van der Waals surface area (Å²) in [5.41, 5.74) is 0.836. The lowest BCUT2D eigenvalue weighted by atomic mass is 9.99. The van der Waals surface area contributed by atoms with Gasteiger partial charge < -0.3 is 30.5 Å². The molecule has 1 aliphatic heterocycles. The van der Waals surface area contributed by atoms with Gasteiger partial charge in [0, 0.05) is 36.9 Å². The Bertz CT molecular complexity index is 1510. The zero-order valence-corrected chi connectivity index (χ0v) is 25.0. The van der Waals surface area contributed by atoms with Crippen molar-refractivity contribution in [2.75, 3.05) is 37.4 Å². The standard InChI is InChI=1S/C32H35F3N4O6/c1-19-15-39(20(2)18-40)29(41)26-14-25(37-31(44)36-24-10-8-23(9-11-24)32(33,34)35)12-13-27(26)45-28(19)17-38(3)16-21-4-6-22(7-5-21)30(42)43/h4-14,19-20,28,40H,15-18H2,1-3H3,(H,42,43)(H2,36,37,44)/t19-,20-,28-/m1/s1. The highest BCUT2D eigenvalue weighted by Crippen LogP contribution is 2.32. The predicted octanol–water partition coefficient (Wildman–Crippen LogP) is 5.40. The average molecular weight is 629 g/mol. The van der Waals surface area contributed by atoms with Crippen LogP contribution in [0.5, 0.6) is 5.75 Å². The summed E-state index contributed by atoms with van der Waals surface area (Å²) in [7, 11) is 1.91. The third kappa shape index (κ3) is 8.52. The summed E-state index contributed by atoms with van der Waals surface area (Å²) in [6, 6.07) is 13.9. The second-order valence-electron chi connectivity index (χ2n) is 11.2. The maximum atomic E-state index is 13.7. The van der Waals surface area contributed by atoms with Crippen LogP contribution in [0.15, 0.2) is 66.7 Å². The monoisotopic (exact) mass is 628 g/mol. The van der Waals surface area contributed by atoms with E-state index in [1.807, 2.05) is 18.9 Å². The van der Waals surface area contributed by atoms with E-state index in [0.717, 1.165) is 29.8 Å². The van der Waals surface area contributed by atoms with Crippen molar-refractivity contribution in [1.29, 1.82) is 0 Å². The van der Waals surface area contributed by atoms with E-state index in [9.17, 15) is 32.7 Å². The minimum absolute atomic E-state index is 0.139. The lowest BCUT2D eigenvalue weighted by molar-refractivity contribution is -0.137. The van der Waals surface area contributed by atoms with Gasteiger partial charge in [0.1, 0.15) is 11.9 Å². The number of hydrogen-bond donors (Lipinski definition) is 4. The van der Waals surface area contributed by atoms with Gasteiger partial charge in [0.2, 0.25) is 0 Å². The molecule has 4 N–H and O–H groups in total. The summed E-state index contributed by atoms with van der Waals surface area (Å²) in [4.78, 5) is 41.1.